The summed E-state index contributed by atoms with van der Waals surface area (Å²) in [5.74, 6) is 2.25. The number of likely N-dealkylation sites (N-methyl/N-ethyl adjacent to an activating group) is 1. The summed E-state index contributed by atoms with van der Waals surface area (Å²) >= 11 is 0. The van der Waals surface area contributed by atoms with E-state index in [4.69, 9.17) is 9.72 Å². The average Bonchev–Trinajstić information content (AvgIpc) is 3.42. The molecule has 1 amide bonds. The Labute approximate surface area is 210 Å². The molecule has 0 aromatic carbocycles. The molecule has 2 saturated heterocycles. The molecular weight excluding hydrogens is 460 g/mol. The third-order valence-electron chi connectivity index (χ3n) is 6.66. The summed E-state index contributed by atoms with van der Waals surface area (Å²) in [7, 11) is 2.13. The molecule has 0 bridgehead atoms. The van der Waals surface area contributed by atoms with Gasteiger partial charge in [-0.05, 0) is 33.9 Å². The molecule has 2 N–H and O–H groups in total. The number of aromatic nitrogens is 6. The van der Waals surface area contributed by atoms with E-state index in [1.165, 1.54) is 4.68 Å². The Kier molecular flexibility index (Phi) is 6.77. The van der Waals surface area contributed by atoms with E-state index in [0.29, 0.717) is 37.8 Å². The molecule has 3 aromatic heterocycles. The van der Waals surface area contributed by atoms with Gasteiger partial charge in [0.15, 0.2) is 0 Å². The van der Waals surface area contributed by atoms with Crippen LogP contribution in [0.15, 0.2) is 18.2 Å². The van der Waals surface area contributed by atoms with Gasteiger partial charge in [-0.2, -0.15) is 24.8 Å². The van der Waals surface area contributed by atoms with Crippen LogP contribution in [0.4, 0.5) is 22.2 Å². The summed E-state index contributed by atoms with van der Waals surface area (Å²) in [6.07, 6.45) is 1.34. The van der Waals surface area contributed by atoms with E-state index in [2.05, 4.69) is 42.4 Å². The van der Waals surface area contributed by atoms with Crippen molar-refractivity contribution in [3.05, 3.63) is 35.3 Å². The molecule has 0 aliphatic carbocycles. The van der Waals surface area contributed by atoms with E-state index < -0.39 is 0 Å². The molecular formula is C24H34N10O2. The lowest BCUT2D eigenvalue weighted by Gasteiger charge is -2.34. The highest BCUT2D eigenvalue weighted by molar-refractivity contribution is 5.76. The van der Waals surface area contributed by atoms with Gasteiger partial charge in [-0.25, -0.2) is 4.79 Å². The minimum absolute atomic E-state index is 0.0699. The standard InChI is InChI=1S/C24H34N10O2/c1-16-14-21(29-28-16)25-20-15-22(32-11-9-31(4)10-12-32)27-23(26-20)36-19-5-7-33(8-6-19)24(35)34-18(3)13-17(2)30-34/h13-15,19H,5-12H2,1-4H3,(H2,25,26,27,28,29). The summed E-state index contributed by atoms with van der Waals surface area (Å²) in [5, 5.41) is 14.8. The first-order chi connectivity index (χ1) is 17.3. The fraction of sp³-hybridized carbons (Fsp3) is 0.542. The van der Waals surface area contributed by atoms with Crippen molar-refractivity contribution in [3.63, 3.8) is 0 Å². The Hall–Kier alpha value is -3.67. The molecule has 0 spiro atoms. The van der Waals surface area contributed by atoms with Crippen molar-refractivity contribution in [2.75, 3.05) is 56.5 Å². The number of carbonyl (C=O) groups excluding carboxylic acids is 1. The maximum Gasteiger partial charge on any atom is 0.344 e. The molecule has 36 heavy (non-hydrogen) atoms. The van der Waals surface area contributed by atoms with Crippen molar-refractivity contribution in [1.29, 1.82) is 0 Å². The Balaban J connectivity index is 1.28. The second-order valence-electron chi connectivity index (χ2n) is 9.66. The fourth-order valence-electron chi connectivity index (χ4n) is 4.62. The molecule has 2 aliphatic rings. The number of aryl methyl sites for hydroxylation is 3. The Morgan fingerprint density at radius 2 is 1.75 bits per heavy atom. The normalized spacial score (nSPS) is 17.4. The maximum atomic E-state index is 12.9. The number of nitrogens with one attached hydrogen (secondary N) is 2. The zero-order chi connectivity index (χ0) is 25.2. The highest BCUT2D eigenvalue weighted by atomic mass is 16.5. The van der Waals surface area contributed by atoms with Gasteiger partial charge in [0, 0.05) is 69.9 Å². The van der Waals surface area contributed by atoms with Gasteiger partial charge >= 0.3 is 12.0 Å². The number of hydrogen-bond donors (Lipinski definition) is 2. The van der Waals surface area contributed by atoms with Crippen LogP contribution in [0.2, 0.25) is 0 Å². The predicted octanol–water partition coefficient (Wildman–Crippen LogP) is 2.33. The number of rotatable bonds is 5. The quantitative estimate of drug-likeness (QED) is 0.550. The minimum Gasteiger partial charge on any atom is -0.460 e. The van der Waals surface area contributed by atoms with Crippen molar-refractivity contribution in [1.82, 2.24) is 39.7 Å². The third kappa shape index (κ3) is 5.43. The summed E-state index contributed by atoms with van der Waals surface area (Å²) in [5.41, 5.74) is 2.58. The highest BCUT2D eigenvalue weighted by Crippen LogP contribution is 2.25. The zero-order valence-electron chi connectivity index (χ0n) is 21.4. The molecule has 5 heterocycles. The van der Waals surface area contributed by atoms with Crippen LogP contribution >= 0.6 is 0 Å². The monoisotopic (exact) mass is 494 g/mol. The van der Waals surface area contributed by atoms with Crippen molar-refractivity contribution in [2.45, 2.75) is 39.7 Å². The lowest BCUT2D eigenvalue weighted by molar-refractivity contribution is 0.103. The summed E-state index contributed by atoms with van der Waals surface area (Å²) in [6, 6.07) is 6.04. The number of likely N-dealkylation sites (tertiary alicyclic amines) is 1. The average molecular weight is 495 g/mol. The van der Waals surface area contributed by atoms with E-state index in [-0.39, 0.29) is 12.1 Å². The molecule has 12 nitrogen and oxygen atoms in total. The number of nitrogens with zero attached hydrogens (tertiary/aromatic N) is 8. The van der Waals surface area contributed by atoms with Gasteiger partial charge in [-0.15, -0.1) is 0 Å². The first kappa shape index (κ1) is 24.0. The van der Waals surface area contributed by atoms with E-state index in [0.717, 1.165) is 54.9 Å². The SMILES string of the molecule is Cc1cc(Nc2cc(N3CCN(C)CC3)nc(OC3CCN(C(=O)n4nc(C)cc4C)CC3)n2)[nH]n1. The number of carbonyl (C=O) groups is 1. The molecule has 2 aliphatic heterocycles. The van der Waals surface area contributed by atoms with E-state index in [9.17, 15) is 4.79 Å². The first-order valence-corrected chi connectivity index (χ1v) is 12.4. The molecule has 0 saturated carbocycles. The van der Waals surface area contributed by atoms with E-state index in [1.54, 1.807) is 0 Å². The molecule has 0 radical (unpaired) electrons. The van der Waals surface area contributed by atoms with Crippen LogP contribution in [-0.4, -0.2) is 98.2 Å². The predicted molar refractivity (Wildman–Crippen MR) is 136 cm³/mol. The molecule has 12 heteroatoms. The first-order valence-electron chi connectivity index (χ1n) is 12.4. The largest absolute Gasteiger partial charge is 0.460 e. The number of piperidine rings is 1. The molecule has 0 unspecified atom stereocenters. The second-order valence-corrected chi connectivity index (χ2v) is 9.66. The number of hydrogen-bond acceptors (Lipinski definition) is 9. The third-order valence-corrected chi connectivity index (χ3v) is 6.66. The van der Waals surface area contributed by atoms with Crippen LogP contribution < -0.4 is 15.0 Å². The van der Waals surface area contributed by atoms with Crippen LogP contribution in [0.1, 0.15) is 29.9 Å². The molecule has 5 rings (SSSR count). The lowest BCUT2D eigenvalue weighted by Crippen LogP contribution is -2.45. The number of H-pyrrole nitrogens is 1. The summed E-state index contributed by atoms with van der Waals surface area (Å²) in [4.78, 5) is 28.7. The molecule has 3 aromatic rings. The van der Waals surface area contributed by atoms with Gasteiger partial charge in [0.2, 0.25) is 0 Å². The summed E-state index contributed by atoms with van der Waals surface area (Å²) in [6.45, 7) is 10.6. The number of anilines is 3. The van der Waals surface area contributed by atoms with Crippen LogP contribution in [0.25, 0.3) is 0 Å². The van der Waals surface area contributed by atoms with Gasteiger partial charge < -0.3 is 24.8 Å². The lowest BCUT2D eigenvalue weighted by atomic mass is 10.1. The second kappa shape index (κ2) is 10.1. The van der Waals surface area contributed by atoms with E-state index >= 15 is 0 Å². The van der Waals surface area contributed by atoms with Crippen molar-refractivity contribution >= 4 is 23.5 Å². The van der Waals surface area contributed by atoms with Gasteiger partial charge in [-0.3, -0.25) is 5.10 Å². The van der Waals surface area contributed by atoms with E-state index in [1.807, 2.05) is 43.9 Å². The van der Waals surface area contributed by atoms with Crippen molar-refractivity contribution in [2.24, 2.45) is 0 Å². The Morgan fingerprint density at radius 3 is 2.39 bits per heavy atom. The van der Waals surface area contributed by atoms with Gasteiger partial charge in [0.05, 0.1) is 11.4 Å². The number of amides is 1. The number of piperazine rings is 1. The van der Waals surface area contributed by atoms with Gasteiger partial charge in [-0.1, -0.05) is 0 Å². The topological polar surface area (TPSA) is 120 Å². The van der Waals surface area contributed by atoms with Crippen LogP contribution in [0.5, 0.6) is 6.01 Å². The molecule has 2 fully saturated rings. The van der Waals surface area contributed by atoms with Gasteiger partial charge in [0.1, 0.15) is 23.6 Å². The van der Waals surface area contributed by atoms with Crippen LogP contribution in [0, 0.1) is 20.8 Å². The fourth-order valence-corrected chi connectivity index (χ4v) is 4.62. The van der Waals surface area contributed by atoms with Crippen LogP contribution in [-0.2, 0) is 0 Å². The summed E-state index contributed by atoms with van der Waals surface area (Å²) < 4.78 is 7.75. The van der Waals surface area contributed by atoms with Crippen molar-refractivity contribution < 1.29 is 9.53 Å². The number of aromatic amines is 1. The molecule has 0 atom stereocenters. The van der Waals surface area contributed by atoms with Gasteiger partial charge in [0.25, 0.3) is 0 Å². The molecule has 192 valence electrons. The van der Waals surface area contributed by atoms with Crippen molar-refractivity contribution in [3.8, 4) is 6.01 Å². The number of ether oxygens (including phenoxy) is 1. The maximum absolute atomic E-state index is 12.9. The minimum atomic E-state index is -0.0892. The highest BCUT2D eigenvalue weighted by Gasteiger charge is 2.27. The Bertz CT molecular complexity index is 1210. The Morgan fingerprint density at radius 1 is 1.00 bits per heavy atom. The zero-order valence-corrected chi connectivity index (χ0v) is 21.4. The smallest absolute Gasteiger partial charge is 0.344 e. The van der Waals surface area contributed by atoms with Crippen LogP contribution in [0.3, 0.4) is 0 Å².